The van der Waals surface area contributed by atoms with Crippen molar-refractivity contribution in [1.29, 1.82) is 0 Å². The molecule has 0 bridgehead atoms. The zero-order valence-corrected chi connectivity index (χ0v) is 7.55. The third-order valence-electron chi connectivity index (χ3n) is 1.42. The Morgan fingerprint density at radius 1 is 1.50 bits per heavy atom. The zero-order chi connectivity index (χ0) is 10.2. The number of aromatic nitrogens is 2. The minimum Gasteiger partial charge on any atom is -0.395 e. The van der Waals surface area contributed by atoms with Gasteiger partial charge >= 0.3 is 0 Å². The van der Waals surface area contributed by atoms with Gasteiger partial charge in [0.2, 0.25) is 5.91 Å². The Labute approximate surface area is 81.5 Å². The smallest absolute Gasteiger partial charge is 0.244 e. The lowest BCUT2D eigenvalue weighted by Crippen LogP contribution is -2.24. The van der Waals surface area contributed by atoms with Crippen molar-refractivity contribution < 1.29 is 9.90 Å². The Balaban J connectivity index is 2.44. The summed E-state index contributed by atoms with van der Waals surface area (Å²) in [7, 11) is 0. The summed E-state index contributed by atoms with van der Waals surface area (Å²) >= 11 is 0. The van der Waals surface area contributed by atoms with E-state index < -0.39 is 0 Å². The van der Waals surface area contributed by atoms with Crippen molar-refractivity contribution in [3.8, 4) is 0 Å². The summed E-state index contributed by atoms with van der Waals surface area (Å²) < 4.78 is 0. The molecular formula is C9H11N3O2. The number of aliphatic hydroxyl groups is 1. The van der Waals surface area contributed by atoms with Crippen molar-refractivity contribution in [3.63, 3.8) is 0 Å². The van der Waals surface area contributed by atoms with Gasteiger partial charge < -0.3 is 10.4 Å². The Kier molecular flexibility index (Phi) is 4.30. The fourth-order valence-corrected chi connectivity index (χ4v) is 0.807. The monoisotopic (exact) mass is 193 g/mol. The van der Waals surface area contributed by atoms with Gasteiger partial charge in [-0.25, -0.2) is 9.97 Å². The molecule has 74 valence electrons. The van der Waals surface area contributed by atoms with Crippen molar-refractivity contribution >= 4 is 12.0 Å². The van der Waals surface area contributed by atoms with E-state index in [9.17, 15) is 4.79 Å². The molecule has 1 amide bonds. The van der Waals surface area contributed by atoms with Gasteiger partial charge in [-0.2, -0.15) is 0 Å². The minimum atomic E-state index is -0.247. The van der Waals surface area contributed by atoms with Gasteiger partial charge in [-0.3, -0.25) is 4.79 Å². The van der Waals surface area contributed by atoms with Crippen LogP contribution in [0.25, 0.3) is 6.08 Å². The Morgan fingerprint density at radius 3 is 2.86 bits per heavy atom. The van der Waals surface area contributed by atoms with Crippen molar-refractivity contribution in [1.82, 2.24) is 15.3 Å². The van der Waals surface area contributed by atoms with E-state index in [1.54, 1.807) is 18.5 Å². The fraction of sp³-hybridized carbons (Fsp3) is 0.222. The molecule has 1 rings (SSSR count). The first-order chi connectivity index (χ1) is 6.83. The van der Waals surface area contributed by atoms with Crippen molar-refractivity contribution in [3.05, 3.63) is 30.4 Å². The van der Waals surface area contributed by atoms with Gasteiger partial charge in [0.1, 0.15) is 6.33 Å². The lowest BCUT2D eigenvalue weighted by molar-refractivity contribution is -0.116. The Morgan fingerprint density at radius 2 is 2.21 bits per heavy atom. The second-order valence-corrected chi connectivity index (χ2v) is 2.52. The summed E-state index contributed by atoms with van der Waals surface area (Å²) in [4.78, 5) is 18.6. The zero-order valence-electron chi connectivity index (χ0n) is 7.55. The third-order valence-corrected chi connectivity index (χ3v) is 1.42. The molecule has 2 N–H and O–H groups in total. The second-order valence-electron chi connectivity index (χ2n) is 2.52. The first-order valence-electron chi connectivity index (χ1n) is 4.14. The average Bonchev–Trinajstić information content (AvgIpc) is 2.25. The molecule has 0 aliphatic rings. The maximum atomic E-state index is 11.0. The van der Waals surface area contributed by atoms with Crippen LogP contribution in [0.4, 0.5) is 0 Å². The largest absolute Gasteiger partial charge is 0.395 e. The number of amides is 1. The van der Waals surface area contributed by atoms with Crippen LogP contribution in [0.5, 0.6) is 0 Å². The molecule has 0 atom stereocenters. The van der Waals surface area contributed by atoms with Gasteiger partial charge in [0.05, 0.1) is 6.61 Å². The highest BCUT2D eigenvalue weighted by Crippen LogP contribution is 1.95. The number of rotatable bonds is 4. The number of carbonyl (C=O) groups excluding carboxylic acids is 1. The van der Waals surface area contributed by atoms with E-state index in [0.717, 1.165) is 5.56 Å². The maximum absolute atomic E-state index is 11.0. The summed E-state index contributed by atoms with van der Waals surface area (Å²) in [5.41, 5.74) is 0.756. The van der Waals surface area contributed by atoms with E-state index in [0.29, 0.717) is 0 Å². The first-order valence-corrected chi connectivity index (χ1v) is 4.14. The van der Waals surface area contributed by atoms with E-state index >= 15 is 0 Å². The second kappa shape index (κ2) is 5.82. The number of hydrogen-bond acceptors (Lipinski definition) is 4. The van der Waals surface area contributed by atoms with Crippen LogP contribution < -0.4 is 5.32 Å². The molecule has 1 aromatic heterocycles. The van der Waals surface area contributed by atoms with Gasteiger partial charge in [-0.15, -0.1) is 0 Å². The topological polar surface area (TPSA) is 75.1 Å². The van der Waals surface area contributed by atoms with Gasteiger partial charge in [0.25, 0.3) is 0 Å². The molecule has 5 nitrogen and oxygen atoms in total. The van der Waals surface area contributed by atoms with E-state index in [1.165, 1.54) is 12.4 Å². The maximum Gasteiger partial charge on any atom is 0.244 e. The lowest BCUT2D eigenvalue weighted by Gasteiger charge is -1.96. The molecule has 0 aliphatic carbocycles. The molecule has 0 radical (unpaired) electrons. The summed E-state index contributed by atoms with van der Waals surface area (Å²) in [6.45, 7) is 0.197. The molecule has 0 aromatic carbocycles. The van der Waals surface area contributed by atoms with Crippen molar-refractivity contribution in [2.75, 3.05) is 13.2 Å². The van der Waals surface area contributed by atoms with Gasteiger partial charge in [0, 0.05) is 30.6 Å². The summed E-state index contributed by atoms with van der Waals surface area (Å²) in [6.07, 6.45) is 7.59. The van der Waals surface area contributed by atoms with E-state index in [2.05, 4.69) is 15.3 Å². The molecule has 1 heterocycles. The predicted molar refractivity (Wildman–Crippen MR) is 51.2 cm³/mol. The highest BCUT2D eigenvalue weighted by Gasteiger charge is 1.92. The van der Waals surface area contributed by atoms with Crippen LogP contribution in [0.3, 0.4) is 0 Å². The van der Waals surface area contributed by atoms with Crippen LogP contribution >= 0.6 is 0 Å². The van der Waals surface area contributed by atoms with Crippen molar-refractivity contribution in [2.45, 2.75) is 0 Å². The summed E-state index contributed by atoms with van der Waals surface area (Å²) in [6, 6.07) is 0. The fourth-order valence-electron chi connectivity index (χ4n) is 0.807. The average molecular weight is 193 g/mol. The highest BCUT2D eigenvalue weighted by atomic mass is 16.3. The van der Waals surface area contributed by atoms with Crippen LogP contribution in [-0.4, -0.2) is 34.1 Å². The normalized spacial score (nSPS) is 10.4. The molecule has 0 spiro atoms. The molecule has 5 heteroatoms. The standard InChI is InChI=1S/C9H11N3O2/c13-4-3-12-9(14)2-1-8-5-10-7-11-6-8/h1-2,5-7,13H,3-4H2,(H,12,14). The molecule has 0 saturated heterocycles. The van der Waals surface area contributed by atoms with Gasteiger partial charge in [-0.05, 0) is 6.08 Å². The van der Waals surface area contributed by atoms with Crippen LogP contribution in [0.2, 0.25) is 0 Å². The Bertz CT molecular complexity index is 311. The summed E-state index contributed by atoms with van der Waals surface area (Å²) in [5.74, 6) is -0.247. The number of hydrogen-bond donors (Lipinski definition) is 2. The molecule has 0 unspecified atom stereocenters. The molecule has 0 aliphatic heterocycles. The molecule has 0 saturated carbocycles. The van der Waals surface area contributed by atoms with E-state index in [4.69, 9.17) is 5.11 Å². The molecule has 14 heavy (non-hydrogen) atoms. The number of carbonyl (C=O) groups is 1. The van der Waals surface area contributed by atoms with Crippen molar-refractivity contribution in [2.24, 2.45) is 0 Å². The van der Waals surface area contributed by atoms with E-state index in [1.807, 2.05) is 0 Å². The highest BCUT2D eigenvalue weighted by molar-refractivity contribution is 5.91. The SMILES string of the molecule is O=C(C=Cc1cncnc1)NCCO. The van der Waals surface area contributed by atoms with Crippen LogP contribution in [0.15, 0.2) is 24.8 Å². The Hall–Kier alpha value is -1.75. The third kappa shape index (κ3) is 3.77. The molecular weight excluding hydrogens is 182 g/mol. The van der Waals surface area contributed by atoms with E-state index in [-0.39, 0.29) is 19.1 Å². The lowest BCUT2D eigenvalue weighted by atomic mass is 10.3. The number of nitrogens with zero attached hydrogens (tertiary/aromatic N) is 2. The molecule has 0 fully saturated rings. The quantitative estimate of drug-likeness (QED) is 0.638. The number of nitrogens with one attached hydrogen (secondary N) is 1. The van der Waals surface area contributed by atoms with Gasteiger partial charge in [-0.1, -0.05) is 0 Å². The summed E-state index contributed by atoms with van der Waals surface area (Å²) in [5, 5.41) is 10.9. The predicted octanol–water partition coefficient (Wildman–Crippen LogP) is -0.402. The van der Waals surface area contributed by atoms with Crippen LogP contribution in [-0.2, 0) is 4.79 Å². The minimum absolute atomic E-state index is 0.0615. The van der Waals surface area contributed by atoms with Crippen LogP contribution in [0, 0.1) is 0 Å². The first kappa shape index (κ1) is 10.3. The van der Waals surface area contributed by atoms with Gasteiger partial charge in [0.15, 0.2) is 0 Å². The number of aliphatic hydroxyl groups excluding tert-OH is 1. The van der Waals surface area contributed by atoms with Crippen LogP contribution in [0.1, 0.15) is 5.56 Å². The molecule has 1 aromatic rings.